The third-order valence-corrected chi connectivity index (χ3v) is 4.79. The molecule has 0 saturated heterocycles. The van der Waals surface area contributed by atoms with E-state index in [2.05, 4.69) is 10.3 Å². The summed E-state index contributed by atoms with van der Waals surface area (Å²) in [7, 11) is 0. The van der Waals surface area contributed by atoms with E-state index < -0.39 is 0 Å². The van der Waals surface area contributed by atoms with E-state index in [1.165, 1.54) is 23.1 Å². The minimum Gasteiger partial charge on any atom is -0.301 e. The highest BCUT2D eigenvalue weighted by molar-refractivity contribution is 7.99. The van der Waals surface area contributed by atoms with Gasteiger partial charge in [-0.2, -0.15) is 11.8 Å². The summed E-state index contributed by atoms with van der Waals surface area (Å²) < 4.78 is 0. The molecule has 1 aromatic heterocycles. The van der Waals surface area contributed by atoms with Crippen molar-refractivity contribution < 1.29 is 4.79 Å². The van der Waals surface area contributed by atoms with Crippen molar-refractivity contribution in [1.29, 1.82) is 0 Å². The first-order valence-electron chi connectivity index (χ1n) is 5.76. The highest BCUT2D eigenvalue weighted by atomic mass is 35.5. The predicted octanol–water partition coefficient (Wildman–Crippen LogP) is 4.34. The Kier molecular flexibility index (Phi) is 5.72. The molecule has 1 N–H and O–H groups in total. The zero-order valence-electron chi connectivity index (χ0n) is 10.7. The smallest absolute Gasteiger partial charge is 0.236 e. The zero-order chi connectivity index (χ0) is 14.5. The van der Waals surface area contributed by atoms with E-state index in [4.69, 9.17) is 23.2 Å². The molecule has 2 rings (SSSR count). The van der Waals surface area contributed by atoms with Crippen molar-refractivity contribution in [1.82, 2.24) is 4.98 Å². The van der Waals surface area contributed by atoms with Gasteiger partial charge in [0.2, 0.25) is 5.91 Å². The number of nitrogens with zero attached hydrogens (tertiary/aromatic N) is 1. The van der Waals surface area contributed by atoms with Crippen LogP contribution in [0.5, 0.6) is 0 Å². The van der Waals surface area contributed by atoms with Crippen LogP contribution in [0.2, 0.25) is 10.0 Å². The molecule has 0 atom stereocenters. The van der Waals surface area contributed by atoms with Crippen molar-refractivity contribution >= 4 is 57.3 Å². The van der Waals surface area contributed by atoms with Crippen molar-refractivity contribution in [2.24, 2.45) is 0 Å². The van der Waals surface area contributed by atoms with Gasteiger partial charge in [0.15, 0.2) is 5.13 Å². The molecule has 0 bridgehead atoms. The normalized spacial score (nSPS) is 10.6. The summed E-state index contributed by atoms with van der Waals surface area (Å²) in [6.45, 7) is 0. The Labute approximate surface area is 135 Å². The Morgan fingerprint density at radius 1 is 1.45 bits per heavy atom. The van der Waals surface area contributed by atoms with E-state index in [-0.39, 0.29) is 5.91 Å². The number of hydrogen-bond acceptors (Lipinski definition) is 4. The van der Waals surface area contributed by atoms with Crippen LogP contribution in [0.25, 0.3) is 0 Å². The lowest BCUT2D eigenvalue weighted by Crippen LogP contribution is -2.13. The van der Waals surface area contributed by atoms with E-state index in [0.29, 0.717) is 27.4 Å². The van der Waals surface area contributed by atoms with Gasteiger partial charge < -0.3 is 5.32 Å². The number of hydrogen-bond donors (Lipinski definition) is 1. The third kappa shape index (κ3) is 4.12. The van der Waals surface area contributed by atoms with Crippen LogP contribution in [0.4, 0.5) is 5.13 Å². The van der Waals surface area contributed by atoms with Gasteiger partial charge in [0.1, 0.15) is 0 Å². The van der Waals surface area contributed by atoms with E-state index in [0.717, 1.165) is 10.4 Å². The molecule has 2 aromatic rings. The van der Waals surface area contributed by atoms with Crippen LogP contribution in [-0.2, 0) is 11.2 Å². The molecule has 1 aromatic carbocycles. The van der Waals surface area contributed by atoms with E-state index in [9.17, 15) is 4.79 Å². The summed E-state index contributed by atoms with van der Waals surface area (Å²) in [5.41, 5.74) is 0.949. The number of anilines is 1. The summed E-state index contributed by atoms with van der Waals surface area (Å²) in [6, 6.07) is 5.56. The second-order valence-electron chi connectivity index (χ2n) is 4.00. The molecule has 0 radical (unpaired) electrons. The number of halogens is 2. The van der Waals surface area contributed by atoms with Crippen LogP contribution in [-0.4, -0.2) is 22.9 Å². The summed E-state index contributed by atoms with van der Waals surface area (Å²) in [4.78, 5) is 16.7. The lowest BCUT2D eigenvalue weighted by Gasteiger charge is -2.03. The molecule has 0 aliphatic carbocycles. The maximum Gasteiger partial charge on any atom is 0.236 e. The van der Waals surface area contributed by atoms with Crippen LogP contribution < -0.4 is 5.32 Å². The van der Waals surface area contributed by atoms with Gasteiger partial charge in [0.25, 0.3) is 0 Å². The zero-order valence-corrected chi connectivity index (χ0v) is 13.8. The van der Waals surface area contributed by atoms with E-state index >= 15 is 0 Å². The number of carbonyl (C=O) groups is 1. The van der Waals surface area contributed by atoms with E-state index in [1.54, 1.807) is 12.3 Å². The van der Waals surface area contributed by atoms with Crippen molar-refractivity contribution in [3.05, 3.63) is 44.9 Å². The molecule has 0 unspecified atom stereocenters. The molecule has 20 heavy (non-hydrogen) atoms. The van der Waals surface area contributed by atoms with Crippen LogP contribution in [0.1, 0.15) is 10.4 Å². The highest BCUT2D eigenvalue weighted by Crippen LogP contribution is 2.29. The molecule has 0 fully saturated rings. The van der Waals surface area contributed by atoms with Crippen molar-refractivity contribution in [2.75, 3.05) is 17.3 Å². The van der Waals surface area contributed by atoms with Crippen LogP contribution >= 0.6 is 46.3 Å². The number of thioether (sulfide) groups is 1. The number of thiazole rings is 1. The maximum absolute atomic E-state index is 11.5. The SMILES string of the molecule is CSCC(=O)Nc1ncc(Cc2cccc(Cl)c2Cl)s1. The topological polar surface area (TPSA) is 42.0 Å². The summed E-state index contributed by atoms with van der Waals surface area (Å²) >= 11 is 15.1. The van der Waals surface area contributed by atoms with Gasteiger partial charge in [0, 0.05) is 17.5 Å². The fraction of sp³-hybridized carbons (Fsp3) is 0.231. The molecule has 0 aliphatic rings. The third-order valence-electron chi connectivity index (χ3n) is 2.47. The standard InChI is InChI=1S/C13H12Cl2N2OS2/c1-19-7-11(18)17-13-16-6-9(20-13)5-8-3-2-4-10(14)12(8)15/h2-4,6H,5,7H2,1H3,(H,16,17,18). The second kappa shape index (κ2) is 7.31. The number of benzene rings is 1. The Bertz CT molecular complexity index is 616. The van der Waals surface area contributed by atoms with Crippen LogP contribution in [0.15, 0.2) is 24.4 Å². The number of amides is 1. The highest BCUT2D eigenvalue weighted by Gasteiger charge is 2.09. The monoisotopic (exact) mass is 346 g/mol. The van der Waals surface area contributed by atoms with E-state index in [1.807, 2.05) is 18.4 Å². The fourth-order valence-corrected chi connectivity index (χ4v) is 3.18. The lowest BCUT2D eigenvalue weighted by atomic mass is 10.1. The molecule has 0 spiro atoms. The largest absolute Gasteiger partial charge is 0.301 e. The summed E-state index contributed by atoms with van der Waals surface area (Å²) in [5, 5.41) is 4.48. The summed E-state index contributed by atoms with van der Waals surface area (Å²) in [5.74, 6) is 0.383. The number of aromatic nitrogens is 1. The quantitative estimate of drug-likeness (QED) is 0.875. The molecule has 3 nitrogen and oxygen atoms in total. The van der Waals surface area contributed by atoms with Crippen molar-refractivity contribution in [3.63, 3.8) is 0 Å². The molecule has 106 valence electrons. The van der Waals surface area contributed by atoms with Gasteiger partial charge in [-0.3, -0.25) is 4.79 Å². The Morgan fingerprint density at radius 3 is 3.00 bits per heavy atom. The average Bonchev–Trinajstić information content (AvgIpc) is 2.82. The Morgan fingerprint density at radius 2 is 2.25 bits per heavy atom. The molecule has 0 aliphatic heterocycles. The Hall–Kier alpha value is -0.750. The molecule has 1 heterocycles. The molecule has 7 heteroatoms. The Balaban J connectivity index is 2.06. The van der Waals surface area contributed by atoms with Gasteiger partial charge in [-0.1, -0.05) is 35.3 Å². The molecule has 1 amide bonds. The predicted molar refractivity (Wildman–Crippen MR) is 88.4 cm³/mol. The molecular formula is C13H12Cl2N2OS2. The van der Waals surface area contributed by atoms with Crippen LogP contribution in [0, 0.1) is 0 Å². The van der Waals surface area contributed by atoms with Gasteiger partial charge in [-0.25, -0.2) is 4.98 Å². The van der Waals surface area contributed by atoms with Gasteiger partial charge in [0.05, 0.1) is 15.8 Å². The van der Waals surface area contributed by atoms with Gasteiger partial charge in [-0.15, -0.1) is 11.3 Å². The minimum atomic E-state index is -0.0424. The lowest BCUT2D eigenvalue weighted by molar-refractivity contribution is -0.113. The van der Waals surface area contributed by atoms with Gasteiger partial charge in [-0.05, 0) is 17.9 Å². The van der Waals surface area contributed by atoms with Crippen LogP contribution in [0.3, 0.4) is 0 Å². The van der Waals surface area contributed by atoms with Gasteiger partial charge >= 0.3 is 0 Å². The first kappa shape index (κ1) is 15.6. The fourth-order valence-electron chi connectivity index (χ4n) is 1.61. The first-order valence-corrected chi connectivity index (χ1v) is 8.73. The molecule has 0 saturated carbocycles. The second-order valence-corrected chi connectivity index (χ2v) is 6.77. The number of nitrogens with one attached hydrogen (secondary N) is 1. The minimum absolute atomic E-state index is 0.0424. The maximum atomic E-state index is 11.5. The summed E-state index contributed by atoms with van der Waals surface area (Å²) in [6.07, 6.45) is 4.28. The first-order chi connectivity index (χ1) is 9.60. The van der Waals surface area contributed by atoms with Crippen molar-refractivity contribution in [3.8, 4) is 0 Å². The average molecular weight is 347 g/mol. The number of rotatable bonds is 5. The number of carbonyl (C=O) groups excluding carboxylic acids is 1. The van der Waals surface area contributed by atoms with Crippen molar-refractivity contribution in [2.45, 2.75) is 6.42 Å². The molecular weight excluding hydrogens is 335 g/mol.